The van der Waals surface area contributed by atoms with Crippen molar-refractivity contribution in [2.75, 3.05) is 25.1 Å². The second-order valence-corrected chi connectivity index (χ2v) is 3.46. The first kappa shape index (κ1) is 9.89. The summed E-state index contributed by atoms with van der Waals surface area (Å²) in [7, 11) is 1.56. The van der Waals surface area contributed by atoms with Gasteiger partial charge in [0.1, 0.15) is 5.78 Å². The molecule has 1 aromatic rings. The molecule has 2 heterocycles. The number of anilines is 1. The molecule has 0 amide bonds. The van der Waals surface area contributed by atoms with Gasteiger partial charge in [-0.05, 0) is 6.07 Å². The normalized spacial score (nSPS) is 16.6. The van der Waals surface area contributed by atoms with Gasteiger partial charge in [-0.1, -0.05) is 0 Å². The largest absolute Gasteiger partial charge is 0.480 e. The Balaban J connectivity index is 2.06. The molecule has 0 aliphatic carbocycles. The summed E-state index contributed by atoms with van der Waals surface area (Å²) < 4.78 is 4.93. The van der Waals surface area contributed by atoms with E-state index in [0.717, 1.165) is 18.9 Å². The molecule has 1 fully saturated rings. The van der Waals surface area contributed by atoms with Crippen molar-refractivity contribution in [2.45, 2.75) is 12.8 Å². The van der Waals surface area contributed by atoms with E-state index in [0.29, 0.717) is 24.5 Å². The van der Waals surface area contributed by atoms with Gasteiger partial charge < -0.3 is 9.64 Å². The Morgan fingerprint density at radius 1 is 1.27 bits per heavy atom. The number of carbonyl (C=O) groups excluding carboxylic acids is 1. The van der Waals surface area contributed by atoms with Gasteiger partial charge in [-0.15, -0.1) is 10.2 Å². The molecule has 0 N–H and O–H groups in total. The molecule has 1 aromatic heterocycles. The molecular weight excluding hydrogens is 194 g/mol. The van der Waals surface area contributed by atoms with Crippen LogP contribution in [0.25, 0.3) is 0 Å². The molecule has 0 aromatic carbocycles. The number of ether oxygens (including phenoxy) is 1. The van der Waals surface area contributed by atoms with Crippen molar-refractivity contribution in [3.63, 3.8) is 0 Å². The third kappa shape index (κ3) is 2.23. The number of piperidine rings is 1. The van der Waals surface area contributed by atoms with E-state index in [9.17, 15) is 4.79 Å². The zero-order valence-electron chi connectivity index (χ0n) is 8.64. The van der Waals surface area contributed by atoms with Gasteiger partial charge in [-0.2, -0.15) is 0 Å². The van der Waals surface area contributed by atoms with Gasteiger partial charge in [0.25, 0.3) is 0 Å². The van der Waals surface area contributed by atoms with Gasteiger partial charge in [0.05, 0.1) is 7.11 Å². The average Bonchev–Trinajstić information content (AvgIpc) is 2.30. The second-order valence-electron chi connectivity index (χ2n) is 3.46. The van der Waals surface area contributed by atoms with Crippen LogP contribution < -0.4 is 9.64 Å². The predicted octanol–water partition coefficient (Wildman–Crippen LogP) is 0.654. The Hall–Kier alpha value is -1.65. The van der Waals surface area contributed by atoms with Crippen LogP contribution in [0.1, 0.15) is 12.8 Å². The standard InChI is InChI=1S/C10H13N3O2/c1-15-10-3-2-9(11-12-10)13-6-4-8(14)5-7-13/h2-3H,4-7H2,1H3. The van der Waals surface area contributed by atoms with Crippen LogP contribution >= 0.6 is 0 Å². The summed E-state index contributed by atoms with van der Waals surface area (Å²) >= 11 is 0. The number of Topliss-reactive ketones (excluding diaryl/α,β-unsaturated/α-hetero) is 1. The highest BCUT2D eigenvalue weighted by Gasteiger charge is 2.17. The van der Waals surface area contributed by atoms with E-state index in [-0.39, 0.29) is 0 Å². The Labute approximate surface area is 88.1 Å². The monoisotopic (exact) mass is 207 g/mol. The van der Waals surface area contributed by atoms with Gasteiger partial charge in [-0.25, -0.2) is 0 Å². The van der Waals surface area contributed by atoms with Crippen molar-refractivity contribution >= 4 is 11.6 Å². The first-order chi connectivity index (χ1) is 7.29. The fourth-order valence-electron chi connectivity index (χ4n) is 1.58. The van der Waals surface area contributed by atoms with Crippen molar-refractivity contribution in [3.8, 4) is 5.88 Å². The molecule has 5 heteroatoms. The minimum absolute atomic E-state index is 0.327. The Morgan fingerprint density at radius 2 is 2.00 bits per heavy atom. The summed E-state index contributed by atoms with van der Waals surface area (Å²) in [4.78, 5) is 13.1. The molecule has 80 valence electrons. The maximum Gasteiger partial charge on any atom is 0.233 e. The first-order valence-electron chi connectivity index (χ1n) is 4.94. The first-order valence-corrected chi connectivity index (χ1v) is 4.94. The van der Waals surface area contributed by atoms with Gasteiger partial charge >= 0.3 is 0 Å². The van der Waals surface area contributed by atoms with E-state index in [1.54, 1.807) is 13.2 Å². The lowest BCUT2D eigenvalue weighted by atomic mass is 10.1. The fourth-order valence-corrected chi connectivity index (χ4v) is 1.58. The van der Waals surface area contributed by atoms with Crippen molar-refractivity contribution in [3.05, 3.63) is 12.1 Å². The summed E-state index contributed by atoms with van der Waals surface area (Å²) in [5.74, 6) is 1.64. The molecule has 1 saturated heterocycles. The number of ketones is 1. The summed E-state index contributed by atoms with van der Waals surface area (Å²) in [6, 6.07) is 3.64. The highest BCUT2D eigenvalue weighted by atomic mass is 16.5. The minimum Gasteiger partial charge on any atom is -0.480 e. The van der Waals surface area contributed by atoms with E-state index in [4.69, 9.17) is 4.74 Å². The smallest absolute Gasteiger partial charge is 0.233 e. The zero-order chi connectivity index (χ0) is 10.7. The van der Waals surface area contributed by atoms with Crippen molar-refractivity contribution < 1.29 is 9.53 Å². The van der Waals surface area contributed by atoms with Gasteiger partial charge in [0, 0.05) is 32.0 Å². The molecule has 0 spiro atoms. The number of methoxy groups -OCH3 is 1. The van der Waals surface area contributed by atoms with E-state index in [1.165, 1.54) is 0 Å². The SMILES string of the molecule is COc1ccc(N2CCC(=O)CC2)nn1. The maximum atomic E-state index is 11.1. The molecule has 0 radical (unpaired) electrons. The van der Waals surface area contributed by atoms with E-state index in [1.807, 2.05) is 6.07 Å². The predicted molar refractivity (Wildman–Crippen MR) is 55.0 cm³/mol. The highest BCUT2D eigenvalue weighted by Crippen LogP contribution is 2.16. The molecule has 15 heavy (non-hydrogen) atoms. The molecule has 0 atom stereocenters. The maximum absolute atomic E-state index is 11.1. The van der Waals surface area contributed by atoms with Crippen LogP contribution in [0.5, 0.6) is 5.88 Å². The Morgan fingerprint density at radius 3 is 2.53 bits per heavy atom. The van der Waals surface area contributed by atoms with Crippen molar-refractivity contribution in [1.29, 1.82) is 0 Å². The lowest BCUT2D eigenvalue weighted by Crippen LogP contribution is -2.34. The summed E-state index contributed by atoms with van der Waals surface area (Å²) in [6.45, 7) is 1.47. The molecule has 1 aliphatic heterocycles. The van der Waals surface area contributed by atoms with Crippen molar-refractivity contribution in [1.82, 2.24) is 10.2 Å². The van der Waals surface area contributed by atoms with Crippen LogP contribution in [0.2, 0.25) is 0 Å². The Kier molecular flexibility index (Phi) is 2.80. The minimum atomic E-state index is 0.327. The molecule has 5 nitrogen and oxygen atoms in total. The lowest BCUT2D eigenvalue weighted by Gasteiger charge is -2.26. The van der Waals surface area contributed by atoms with Gasteiger partial charge in [0.2, 0.25) is 5.88 Å². The summed E-state index contributed by atoms with van der Waals surface area (Å²) in [6.07, 6.45) is 1.21. The van der Waals surface area contributed by atoms with Crippen LogP contribution in [0.4, 0.5) is 5.82 Å². The molecule has 2 rings (SSSR count). The van der Waals surface area contributed by atoms with Gasteiger partial charge in [-0.3, -0.25) is 4.79 Å². The molecule has 0 saturated carbocycles. The third-order valence-corrected chi connectivity index (χ3v) is 2.48. The Bertz CT molecular complexity index is 340. The summed E-state index contributed by atoms with van der Waals surface area (Å²) in [5.41, 5.74) is 0. The van der Waals surface area contributed by atoms with E-state index in [2.05, 4.69) is 15.1 Å². The van der Waals surface area contributed by atoms with Crippen molar-refractivity contribution in [2.24, 2.45) is 0 Å². The zero-order valence-corrected chi connectivity index (χ0v) is 8.64. The lowest BCUT2D eigenvalue weighted by molar-refractivity contribution is -0.119. The van der Waals surface area contributed by atoms with Gasteiger partial charge in [0.15, 0.2) is 5.82 Å². The molecular formula is C10H13N3O2. The van der Waals surface area contributed by atoms with Crippen LogP contribution in [-0.4, -0.2) is 36.2 Å². The van der Waals surface area contributed by atoms with Crippen LogP contribution in [-0.2, 0) is 4.79 Å². The topological polar surface area (TPSA) is 55.3 Å². The number of carbonyl (C=O) groups is 1. The number of rotatable bonds is 2. The quantitative estimate of drug-likeness (QED) is 0.712. The third-order valence-electron chi connectivity index (χ3n) is 2.48. The highest BCUT2D eigenvalue weighted by molar-refractivity contribution is 5.80. The number of hydrogen-bond acceptors (Lipinski definition) is 5. The molecule has 0 bridgehead atoms. The van der Waals surface area contributed by atoms with E-state index >= 15 is 0 Å². The molecule has 1 aliphatic rings. The van der Waals surface area contributed by atoms with E-state index < -0.39 is 0 Å². The number of nitrogens with zero attached hydrogens (tertiary/aromatic N) is 3. The fraction of sp³-hybridized carbons (Fsp3) is 0.500. The second kappa shape index (κ2) is 4.25. The van der Waals surface area contributed by atoms with Crippen LogP contribution in [0.3, 0.4) is 0 Å². The average molecular weight is 207 g/mol. The van der Waals surface area contributed by atoms with Crippen LogP contribution in [0, 0.1) is 0 Å². The number of hydrogen-bond donors (Lipinski definition) is 0. The number of aromatic nitrogens is 2. The van der Waals surface area contributed by atoms with Crippen LogP contribution in [0.15, 0.2) is 12.1 Å². The molecule has 0 unspecified atom stereocenters. The summed E-state index contributed by atoms with van der Waals surface area (Å²) in [5, 5.41) is 7.93.